The minimum absolute atomic E-state index is 0.224. The van der Waals surface area contributed by atoms with Crippen LogP contribution in [0.3, 0.4) is 0 Å². The van der Waals surface area contributed by atoms with Gasteiger partial charge in [0.05, 0.1) is 7.11 Å². The van der Waals surface area contributed by atoms with Gasteiger partial charge in [0, 0.05) is 0 Å². The largest absolute Gasteiger partial charge is 0.497 e. The molecule has 10 heavy (non-hydrogen) atoms. The van der Waals surface area contributed by atoms with Crippen molar-refractivity contribution in [3.05, 3.63) is 24.0 Å². The predicted octanol–water partition coefficient (Wildman–Crippen LogP) is 0.0927. The zero-order valence-electron chi connectivity index (χ0n) is 6.02. The van der Waals surface area contributed by atoms with Crippen molar-refractivity contribution < 1.29 is 9.13 Å². The Morgan fingerprint density at radius 2 is 2.20 bits per heavy atom. The van der Waals surface area contributed by atoms with Gasteiger partial charge in [-0.25, -0.2) is 4.39 Å². The Kier molecular flexibility index (Phi) is 1.95. The molecule has 1 aromatic carbocycles. The molecule has 3 heteroatoms. The molecule has 0 spiro atoms. The smallest absolute Gasteiger partial charge is 0.144 e. The average molecular weight is 138 g/mol. The fourth-order valence-electron chi connectivity index (χ4n) is 0.842. The summed E-state index contributed by atoms with van der Waals surface area (Å²) in [7, 11) is 3.38. The average Bonchev–Trinajstić information content (AvgIpc) is 1.88. The van der Waals surface area contributed by atoms with E-state index in [0.717, 1.165) is 11.2 Å². The van der Waals surface area contributed by atoms with Crippen LogP contribution in [0.15, 0.2) is 18.2 Å². The standard InChI is InChI=1S/C7H8BFO/c1-10-7-3-2-5(9)4-6(7)8/h2-4H,8H2,1H3. The Morgan fingerprint density at radius 3 is 2.70 bits per heavy atom. The van der Waals surface area contributed by atoms with E-state index in [1.807, 2.05) is 7.85 Å². The molecule has 0 fully saturated rings. The van der Waals surface area contributed by atoms with Gasteiger partial charge < -0.3 is 4.74 Å². The van der Waals surface area contributed by atoms with Crippen molar-refractivity contribution >= 4 is 13.3 Å². The second kappa shape index (κ2) is 2.73. The first-order valence-electron chi connectivity index (χ1n) is 3.04. The van der Waals surface area contributed by atoms with Gasteiger partial charge in [-0.05, 0) is 23.7 Å². The van der Waals surface area contributed by atoms with Crippen molar-refractivity contribution in [1.82, 2.24) is 0 Å². The summed E-state index contributed by atoms with van der Waals surface area (Å²) in [5.74, 6) is 0.500. The summed E-state index contributed by atoms with van der Waals surface area (Å²) in [5, 5.41) is 0. The predicted molar refractivity (Wildman–Crippen MR) is 41.1 cm³/mol. The number of rotatable bonds is 1. The Labute approximate surface area is 60.2 Å². The van der Waals surface area contributed by atoms with E-state index in [9.17, 15) is 4.39 Å². The lowest BCUT2D eigenvalue weighted by Crippen LogP contribution is -2.07. The lowest BCUT2D eigenvalue weighted by molar-refractivity contribution is 0.417. The van der Waals surface area contributed by atoms with Gasteiger partial charge in [0.1, 0.15) is 19.4 Å². The third kappa shape index (κ3) is 1.29. The Morgan fingerprint density at radius 1 is 1.50 bits per heavy atom. The molecule has 1 rings (SSSR count). The molecule has 1 aromatic rings. The third-order valence-electron chi connectivity index (χ3n) is 1.36. The fourth-order valence-corrected chi connectivity index (χ4v) is 0.842. The highest BCUT2D eigenvalue weighted by Gasteiger charge is 1.96. The SMILES string of the molecule is Bc1cc(F)ccc1OC. The number of ether oxygens (including phenoxy) is 1. The van der Waals surface area contributed by atoms with E-state index in [1.165, 1.54) is 12.1 Å². The number of hydrogen-bond donors (Lipinski definition) is 0. The molecule has 1 nitrogen and oxygen atoms in total. The highest BCUT2D eigenvalue weighted by atomic mass is 19.1. The lowest BCUT2D eigenvalue weighted by Gasteiger charge is -2.02. The zero-order chi connectivity index (χ0) is 7.56. The quantitative estimate of drug-likeness (QED) is 0.499. The van der Waals surface area contributed by atoms with Gasteiger partial charge in [0.2, 0.25) is 0 Å². The van der Waals surface area contributed by atoms with Crippen molar-refractivity contribution in [2.75, 3.05) is 7.11 Å². The number of hydrogen-bond acceptors (Lipinski definition) is 1. The molecule has 0 aliphatic rings. The molecule has 0 saturated carbocycles. The Balaban J connectivity index is 3.07. The Bertz CT molecular complexity index is 237. The molecule has 0 radical (unpaired) electrons. The van der Waals surface area contributed by atoms with Crippen LogP contribution in [-0.2, 0) is 0 Å². The van der Waals surface area contributed by atoms with E-state index < -0.39 is 0 Å². The first kappa shape index (κ1) is 7.13. The summed E-state index contributed by atoms with van der Waals surface area (Å²) in [4.78, 5) is 0. The summed E-state index contributed by atoms with van der Waals surface area (Å²) < 4.78 is 17.4. The molecule has 0 N–H and O–H groups in total. The van der Waals surface area contributed by atoms with Crippen LogP contribution in [0.25, 0.3) is 0 Å². The van der Waals surface area contributed by atoms with Crippen LogP contribution in [0.4, 0.5) is 4.39 Å². The first-order chi connectivity index (χ1) is 4.74. The number of methoxy groups -OCH3 is 1. The second-order valence-electron chi connectivity index (χ2n) is 2.11. The Hall–Kier alpha value is -0.985. The summed E-state index contributed by atoms with van der Waals surface area (Å²) in [6.07, 6.45) is 0. The van der Waals surface area contributed by atoms with Crippen LogP contribution in [0.2, 0.25) is 0 Å². The van der Waals surface area contributed by atoms with E-state index in [4.69, 9.17) is 4.74 Å². The van der Waals surface area contributed by atoms with Gasteiger partial charge >= 0.3 is 0 Å². The molecular formula is C7H8BFO. The molecule has 0 unspecified atom stereocenters. The highest BCUT2D eigenvalue weighted by Crippen LogP contribution is 2.05. The van der Waals surface area contributed by atoms with Crippen molar-refractivity contribution in [3.8, 4) is 5.75 Å². The summed E-state index contributed by atoms with van der Waals surface area (Å²) in [6, 6.07) is 4.44. The van der Waals surface area contributed by atoms with E-state index in [-0.39, 0.29) is 5.82 Å². The molecule has 0 aliphatic carbocycles. The maximum absolute atomic E-state index is 12.4. The van der Waals surface area contributed by atoms with Gasteiger partial charge in [0.15, 0.2) is 0 Å². The zero-order valence-corrected chi connectivity index (χ0v) is 6.02. The van der Waals surface area contributed by atoms with E-state index >= 15 is 0 Å². The fraction of sp³-hybridized carbons (Fsp3) is 0.143. The normalized spacial score (nSPS) is 9.40. The summed E-state index contributed by atoms with van der Waals surface area (Å²) in [6.45, 7) is 0. The van der Waals surface area contributed by atoms with Crippen molar-refractivity contribution in [2.45, 2.75) is 0 Å². The maximum atomic E-state index is 12.4. The molecule has 0 atom stereocenters. The first-order valence-corrected chi connectivity index (χ1v) is 3.04. The van der Waals surface area contributed by atoms with Crippen LogP contribution < -0.4 is 10.2 Å². The van der Waals surface area contributed by atoms with E-state index in [1.54, 1.807) is 13.2 Å². The third-order valence-corrected chi connectivity index (χ3v) is 1.36. The molecule has 0 bridgehead atoms. The second-order valence-corrected chi connectivity index (χ2v) is 2.11. The van der Waals surface area contributed by atoms with Crippen LogP contribution in [-0.4, -0.2) is 15.0 Å². The highest BCUT2D eigenvalue weighted by molar-refractivity contribution is 6.34. The molecule has 0 saturated heterocycles. The van der Waals surface area contributed by atoms with Gasteiger partial charge in [-0.15, -0.1) is 0 Å². The molecule has 52 valence electrons. The van der Waals surface area contributed by atoms with Crippen molar-refractivity contribution in [1.29, 1.82) is 0 Å². The van der Waals surface area contributed by atoms with Crippen LogP contribution in [0.5, 0.6) is 5.75 Å². The number of benzene rings is 1. The van der Waals surface area contributed by atoms with Crippen molar-refractivity contribution in [3.63, 3.8) is 0 Å². The molecule has 0 aliphatic heterocycles. The maximum Gasteiger partial charge on any atom is 0.144 e. The van der Waals surface area contributed by atoms with Gasteiger partial charge in [-0.1, -0.05) is 0 Å². The van der Waals surface area contributed by atoms with E-state index in [0.29, 0.717) is 0 Å². The van der Waals surface area contributed by atoms with Gasteiger partial charge in [0.25, 0.3) is 0 Å². The minimum Gasteiger partial charge on any atom is -0.497 e. The topological polar surface area (TPSA) is 9.23 Å². The molecule has 0 heterocycles. The minimum atomic E-state index is -0.224. The van der Waals surface area contributed by atoms with Crippen LogP contribution in [0, 0.1) is 5.82 Å². The summed E-state index contributed by atoms with van der Waals surface area (Å²) in [5.41, 5.74) is 0.822. The summed E-state index contributed by atoms with van der Waals surface area (Å²) >= 11 is 0. The van der Waals surface area contributed by atoms with E-state index in [2.05, 4.69) is 0 Å². The molecular weight excluding hydrogens is 130 g/mol. The van der Waals surface area contributed by atoms with Gasteiger partial charge in [-0.3, -0.25) is 0 Å². The van der Waals surface area contributed by atoms with Crippen LogP contribution >= 0.6 is 0 Å². The molecule has 0 amide bonds. The lowest BCUT2D eigenvalue weighted by atomic mass is 9.95. The van der Waals surface area contributed by atoms with Crippen LogP contribution in [0.1, 0.15) is 0 Å². The monoisotopic (exact) mass is 138 g/mol. The number of halogens is 1. The molecule has 0 aromatic heterocycles. The van der Waals surface area contributed by atoms with Gasteiger partial charge in [-0.2, -0.15) is 0 Å². The van der Waals surface area contributed by atoms with Crippen molar-refractivity contribution in [2.24, 2.45) is 0 Å².